The Morgan fingerprint density at radius 1 is 1.33 bits per heavy atom. The lowest BCUT2D eigenvalue weighted by Crippen LogP contribution is -2.41. The fourth-order valence-corrected chi connectivity index (χ4v) is 2.79. The van der Waals surface area contributed by atoms with Crippen molar-refractivity contribution in [3.63, 3.8) is 0 Å². The third-order valence-electron chi connectivity index (χ3n) is 3.84. The Hall–Kier alpha value is -1.75. The third-order valence-corrected chi connectivity index (χ3v) is 3.84. The van der Waals surface area contributed by atoms with Crippen molar-refractivity contribution in [1.82, 2.24) is 4.90 Å². The van der Waals surface area contributed by atoms with Gasteiger partial charge in [0.1, 0.15) is 12.6 Å². The summed E-state index contributed by atoms with van der Waals surface area (Å²) in [5.74, 6) is 0.885. The van der Waals surface area contributed by atoms with Crippen LogP contribution in [0.3, 0.4) is 0 Å². The molecule has 0 bridgehead atoms. The smallest absolute Gasteiger partial charge is 0.321 e. The van der Waals surface area contributed by atoms with Crippen molar-refractivity contribution >= 4 is 5.97 Å². The van der Waals surface area contributed by atoms with Crippen LogP contribution in [0.4, 0.5) is 0 Å². The van der Waals surface area contributed by atoms with E-state index in [1.807, 2.05) is 43.0 Å². The number of benzene rings is 1. The lowest BCUT2D eigenvalue weighted by molar-refractivity contribution is -0.143. The fourth-order valence-electron chi connectivity index (χ4n) is 2.79. The summed E-state index contributed by atoms with van der Waals surface area (Å²) in [7, 11) is 0. The summed E-state index contributed by atoms with van der Waals surface area (Å²) in [6.45, 7) is 6.39. The Bertz CT molecular complexity index is 477. The zero-order valence-electron chi connectivity index (χ0n) is 12.6. The number of nitrogens with zero attached hydrogens (tertiary/aromatic N) is 1. The average molecular weight is 293 g/mol. The molecule has 1 N–H and O–H groups in total. The number of carboxylic acid groups (broad SMARTS) is 1. The maximum Gasteiger partial charge on any atom is 0.321 e. The molecule has 0 saturated carbocycles. The minimum atomic E-state index is -0.741. The molecule has 0 radical (unpaired) electrons. The normalized spacial score (nSPS) is 22.2. The van der Waals surface area contributed by atoms with E-state index in [1.54, 1.807) is 0 Å². The first-order chi connectivity index (χ1) is 10.1. The molecule has 116 valence electrons. The minimum absolute atomic E-state index is 0.193. The second-order valence-corrected chi connectivity index (χ2v) is 5.31. The van der Waals surface area contributed by atoms with Crippen molar-refractivity contribution in [2.24, 2.45) is 5.92 Å². The van der Waals surface area contributed by atoms with Crippen LogP contribution in [0.25, 0.3) is 0 Å². The highest BCUT2D eigenvalue weighted by Gasteiger charge is 2.36. The zero-order chi connectivity index (χ0) is 15.2. The molecule has 1 saturated heterocycles. The first-order valence-electron chi connectivity index (χ1n) is 7.45. The van der Waals surface area contributed by atoms with E-state index in [2.05, 4.69) is 0 Å². The molecule has 5 nitrogen and oxygen atoms in total. The zero-order valence-corrected chi connectivity index (χ0v) is 12.6. The molecule has 1 aromatic carbocycles. The molecule has 1 fully saturated rings. The first kappa shape index (κ1) is 15.6. The van der Waals surface area contributed by atoms with Crippen molar-refractivity contribution in [3.8, 4) is 11.5 Å². The second kappa shape index (κ2) is 7.31. The van der Waals surface area contributed by atoms with Gasteiger partial charge in [0.05, 0.1) is 6.61 Å². The van der Waals surface area contributed by atoms with Crippen molar-refractivity contribution in [3.05, 3.63) is 24.3 Å². The molecular formula is C16H23NO4. The quantitative estimate of drug-likeness (QED) is 0.835. The highest BCUT2D eigenvalue weighted by atomic mass is 16.5. The lowest BCUT2D eigenvalue weighted by atomic mass is 10.0. The van der Waals surface area contributed by atoms with Gasteiger partial charge < -0.3 is 14.6 Å². The Morgan fingerprint density at radius 3 is 2.62 bits per heavy atom. The molecule has 0 aliphatic carbocycles. The molecule has 21 heavy (non-hydrogen) atoms. The average Bonchev–Trinajstić information content (AvgIpc) is 2.82. The van der Waals surface area contributed by atoms with E-state index in [1.165, 1.54) is 0 Å². The molecule has 1 aliphatic rings. The molecule has 1 heterocycles. The van der Waals surface area contributed by atoms with Gasteiger partial charge in [0.15, 0.2) is 11.5 Å². The number of aliphatic carboxylic acids is 1. The van der Waals surface area contributed by atoms with Gasteiger partial charge in [-0.3, -0.25) is 9.69 Å². The number of carbonyl (C=O) groups is 1. The van der Waals surface area contributed by atoms with Crippen molar-refractivity contribution in [2.45, 2.75) is 26.3 Å². The number of hydrogen-bond acceptors (Lipinski definition) is 4. The van der Waals surface area contributed by atoms with E-state index in [0.717, 1.165) is 18.7 Å². The molecular weight excluding hydrogens is 270 g/mol. The van der Waals surface area contributed by atoms with Crippen LogP contribution in [-0.4, -0.2) is 48.3 Å². The number of para-hydroxylation sites is 2. The minimum Gasteiger partial charge on any atom is -0.490 e. The summed E-state index contributed by atoms with van der Waals surface area (Å²) in [6.07, 6.45) is 0.923. The summed E-state index contributed by atoms with van der Waals surface area (Å²) in [5.41, 5.74) is 0. The van der Waals surface area contributed by atoms with Crippen LogP contribution in [-0.2, 0) is 4.79 Å². The number of likely N-dealkylation sites (tertiary alicyclic amines) is 1. The van der Waals surface area contributed by atoms with Crippen molar-refractivity contribution < 1.29 is 19.4 Å². The summed E-state index contributed by atoms with van der Waals surface area (Å²) in [4.78, 5) is 13.3. The van der Waals surface area contributed by atoms with Crippen LogP contribution in [0.15, 0.2) is 24.3 Å². The van der Waals surface area contributed by atoms with Gasteiger partial charge in [-0.1, -0.05) is 19.1 Å². The maximum absolute atomic E-state index is 11.3. The topological polar surface area (TPSA) is 59.0 Å². The van der Waals surface area contributed by atoms with Gasteiger partial charge in [0, 0.05) is 6.54 Å². The summed E-state index contributed by atoms with van der Waals surface area (Å²) in [5, 5.41) is 9.28. The van der Waals surface area contributed by atoms with Gasteiger partial charge in [0.25, 0.3) is 0 Å². The predicted molar refractivity (Wildman–Crippen MR) is 79.9 cm³/mol. The van der Waals surface area contributed by atoms with Crippen LogP contribution in [0.2, 0.25) is 0 Å². The summed E-state index contributed by atoms with van der Waals surface area (Å²) >= 11 is 0. The molecule has 0 amide bonds. The number of hydrogen-bond donors (Lipinski definition) is 1. The molecule has 1 aromatic rings. The summed E-state index contributed by atoms with van der Waals surface area (Å²) in [6, 6.07) is 7.15. The van der Waals surface area contributed by atoms with Crippen molar-refractivity contribution in [2.75, 3.05) is 26.3 Å². The Labute approximate surface area is 125 Å². The largest absolute Gasteiger partial charge is 0.490 e. The van der Waals surface area contributed by atoms with E-state index < -0.39 is 12.0 Å². The van der Waals surface area contributed by atoms with E-state index in [4.69, 9.17) is 9.47 Å². The van der Waals surface area contributed by atoms with Gasteiger partial charge in [0.2, 0.25) is 0 Å². The summed E-state index contributed by atoms with van der Waals surface area (Å²) < 4.78 is 11.3. The number of carboxylic acids is 1. The third kappa shape index (κ3) is 3.88. The van der Waals surface area contributed by atoms with E-state index in [-0.39, 0.29) is 5.92 Å². The Balaban J connectivity index is 1.88. The molecule has 1 aliphatic heterocycles. The standard InChI is InChI=1S/C16H23NO4/c1-3-20-13-6-4-5-7-14(13)21-11-10-17-9-8-12(2)15(17)16(18)19/h4-7,12,15H,3,8-11H2,1-2H3,(H,18,19). The van der Waals surface area contributed by atoms with Crippen LogP contribution in [0, 0.1) is 5.92 Å². The maximum atomic E-state index is 11.3. The SMILES string of the molecule is CCOc1ccccc1OCCN1CCC(C)C1C(=O)O. The van der Waals surface area contributed by atoms with Crippen LogP contribution in [0.5, 0.6) is 11.5 Å². The van der Waals surface area contributed by atoms with E-state index >= 15 is 0 Å². The van der Waals surface area contributed by atoms with Gasteiger partial charge in [-0.05, 0) is 37.9 Å². The highest BCUT2D eigenvalue weighted by Crippen LogP contribution is 2.27. The van der Waals surface area contributed by atoms with E-state index in [0.29, 0.717) is 25.5 Å². The Morgan fingerprint density at radius 2 is 2.00 bits per heavy atom. The van der Waals surface area contributed by atoms with Crippen LogP contribution >= 0.6 is 0 Å². The number of rotatable bonds is 7. The fraction of sp³-hybridized carbons (Fsp3) is 0.562. The van der Waals surface area contributed by atoms with Gasteiger partial charge in [-0.25, -0.2) is 0 Å². The van der Waals surface area contributed by atoms with Gasteiger partial charge in [-0.15, -0.1) is 0 Å². The van der Waals surface area contributed by atoms with Gasteiger partial charge >= 0.3 is 5.97 Å². The highest BCUT2D eigenvalue weighted by molar-refractivity contribution is 5.74. The molecule has 0 spiro atoms. The predicted octanol–water partition coefficient (Wildman–Crippen LogP) is 2.26. The van der Waals surface area contributed by atoms with E-state index in [9.17, 15) is 9.90 Å². The number of ether oxygens (including phenoxy) is 2. The lowest BCUT2D eigenvalue weighted by Gasteiger charge is -2.23. The molecule has 2 rings (SSSR count). The first-order valence-corrected chi connectivity index (χ1v) is 7.45. The van der Waals surface area contributed by atoms with Crippen molar-refractivity contribution in [1.29, 1.82) is 0 Å². The monoisotopic (exact) mass is 293 g/mol. The molecule has 2 atom stereocenters. The van der Waals surface area contributed by atoms with Gasteiger partial charge in [-0.2, -0.15) is 0 Å². The molecule has 0 aromatic heterocycles. The van der Waals surface area contributed by atoms with Crippen LogP contribution in [0.1, 0.15) is 20.3 Å². The van der Waals surface area contributed by atoms with Crippen LogP contribution < -0.4 is 9.47 Å². The molecule has 2 unspecified atom stereocenters. The molecule has 5 heteroatoms. The Kier molecular flexibility index (Phi) is 5.44. The second-order valence-electron chi connectivity index (χ2n) is 5.31.